The molecule has 0 aliphatic carbocycles. The van der Waals surface area contributed by atoms with E-state index in [0.717, 1.165) is 10.6 Å². The topological polar surface area (TPSA) is 78.5 Å². The molecule has 1 saturated heterocycles. The van der Waals surface area contributed by atoms with Gasteiger partial charge in [0.05, 0.1) is 6.42 Å². The number of amides is 4. The molecule has 6 nitrogen and oxygen atoms in total. The SMILES string of the molecule is O=C(Cc1ccsc1)NN1C(=O)NC(c2ccccc2)(c2ccccc2)C1=O. The van der Waals surface area contributed by atoms with Crippen molar-refractivity contribution in [1.82, 2.24) is 15.8 Å². The highest BCUT2D eigenvalue weighted by Gasteiger charge is 2.54. The van der Waals surface area contributed by atoms with E-state index >= 15 is 0 Å². The van der Waals surface area contributed by atoms with Crippen molar-refractivity contribution in [3.63, 3.8) is 0 Å². The number of imide groups is 1. The third-order valence-electron chi connectivity index (χ3n) is 4.62. The molecule has 2 N–H and O–H groups in total. The Balaban J connectivity index is 1.68. The lowest BCUT2D eigenvalue weighted by Gasteiger charge is -2.27. The fourth-order valence-electron chi connectivity index (χ4n) is 3.31. The molecular weight excluding hydrogens is 374 g/mol. The van der Waals surface area contributed by atoms with Gasteiger partial charge in [-0.15, -0.1) is 0 Å². The molecule has 0 atom stereocenters. The molecule has 28 heavy (non-hydrogen) atoms. The van der Waals surface area contributed by atoms with Crippen LogP contribution in [-0.4, -0.2) is 22.9 Å². The standard InChI is InChI=1S/C21H17N3O3S/c25-18(13-15-11-12-28-14-15)23-24-19(26)21(22-20(24)27,16-7-3-1-4-8-16)17-9-5-2-6-10-17/h1-12,14H,13H2,(H,22,27)(H,23,25). The number of rotatable bonds is 5. The van der Waals surface area contributed by atoms with Crippen LogP contribution < -0.4 is 10.7 Å². The molecule has 1 fully saturated rings. The van der Waals surface area contributed by atoms with E-state index in [-0.39, 0.29) is 6.42 Å². The first kappa shape index (κ1) is 17.9. The average molecular weight is 391 g/mol. The Morgan fingerprint density at radius 3 is 2.11 bits per heavy atom. The summed E-state index contributed by atoms with van der Waals surface area (Å²) < 4.78 is 0. The molecular formula is C21H17N3O3S. The number of hydrogen-bond acceptors (Lipinski definition) is 4. The van der Waals surface area contributed by atoms with Gasteiger partial charge in [-0.25, -0.2) is 4.79 Å². The number of hydrazine groups is 1. The van der Waals surface area contributed by atoms with Crippen molar-refractivity contribution in [2.45, 2.75) is 12.0 Å². The number of urea groups is 1. The number of nitrogens with zero attached hydrogens (tertiary/aromatic N) is 1. The fraction of sp³-hybridized carbons (Fsp3) is 0.0952. The number of nitrogens with one attached hydrogen (secondary N) is 2. The monoisotopic (exact) mass is 391 g/mol. The van der Waals surface area contributed by atoms with Gasteiger partial charge in [0.15, 0.2) is 5.54 Å². The van der Waals surface area contributed by atoms with E-state index < -0.39 is 23.4 Å². The summed E-state index contributed by atoms with van der Waals surface area (Å²) in [4.78, 5) is 38.4. The van der Waals surface area contributed by atoms with Crippen LogP contribution in [0.1, 0.15) is 16.7 Å². The molecule has 7 heteroatoms. The molecule has 2 aromatic carbocycles. The second kappa shape index (κ2) is 7.28. The lowest BCUT2D eigenvalue weighted by Crippen LogP contribution is -2.49. The lowest BCUT2D eigenvalue weighted by atomic mass is 9.83. The smallest absolute Gasteiger partial charge is 0.314 e. The van der Waals surface area contributed by atoms with Crippen molar-refractivity contribution in [2.24, 2.45) is 0 Å². The molecule has 0 spiro atoms. The fourth-order valence-corrected chi connectivity index (χ4v) is 3.98. The second-order valence-electron chi connectivity index (χ2n) is 6.40. The van der Waals surface area contributed by atoms with Crippen LogP contribution in [0.2, 0.25) is 0 Å². The van der Waals surface area contributed by atoms with E-state index in [1.807, 2.05) is 29.0 Å². The van der Waals surface area contributed by atoms with E-state index in [2.05, 4.69) is 10.7 Å². The summed E-state index contributed by atoms with van der Waals surface area (Å²) in [6, 6.07) is 19.2. The lowest BCUT2D eigenvalue weighted by molar-refractivity contribution is -0.138. The minimum atomic E-state index is -1.39. The van der Waals surface area contributed by atoms with Crippen LogP contribution in [0.3, 0.4) is 0 Å². The molecule has 4 rings (SSSR count). The number of thiophene rings is 1. The van der Waals surface area contributed by atoms with Crippen LogP contribution in [0.15, 0.2) is 77.5 Å². The summed E-state index contributed by atoms with van der Waals surface area (Å²) in [6.07, 6.45) is 0.0875. The van der Waals surface area contributed by atoms with Gasteiger partial charge in [0.25, 0.3) is 5.91 Å². The Bertz CT molecular complexity index is 964. The maximum Gasteiger partial charge on any atom is 0.344 e. The first-order chi connectivity index (χ1) is 13.6. The molecule has 3 aromatic rings. The summed E-state index contributed by atoms with van der Waals surface area (Å²) >= 11 is 1.48. The van der Waals surface area contributed by atoms with E-state index in [9.17, 15) is 14.4 Å². The van der Waals surface area contributed by atoms with Gasteiger partial charge in [0.2, 0.25) is 5.91 Å². The predicted molar refractivity (Wildman–Crippen MR) is 105 cm³/mol. The quantitative estimate of drug-likeness (QED) is 0.657. The largest absolute Gasteiger partial charge is 0.344 e. The summed E-state index contributed by atoms with van der Waals surface area (Å²) in [5.41, 5.74) is 3.12. The van der Waals surface area contributed by atoms with Gasteiger partial charge in [0.1, 0.15) is 0 Å². The summed E-state index contributed by atoms with van der Waals surface area (Å²) in [5, 5.41) is 7.28. The molecule has 140 valence electrons. The van der Waals surface area contributed by atoms with E-state index in [0.29, 0.717) is 11.1 Å². The van der Waals surface area contributed by atoms with E-state index in [1.165, 1.54) is 11.3 Å². The van der Waals surface area contributed by atoms with Gasteiger partial charge in [-0.2, -0.15) is 16.3 Å². The maximum absolute atomic E-state index is 13.4. The molecule has 0 bridgehead atoms. The van der Waals surface area contributed by atoms with Gasteiger partial charge in [0, 0.05) is 0 Å². The van der Waals surface area contributed by atoms with Crippen LogP contribution in [0.4, 0.5) is 4.79 Å². The minimum Gasteiger partial charge on any atom is -0.314 e. The number of carbonyl (C=O) groups is 3. The zero-order valence-corrected chi connectivity index (χ0v) is 15.6. The molecule has 4 amide bonds. The van der Waals surface area contributed by atoms with Crippen LogP contribution in [0.5, 0.6) is 0 Å². The minimum absolute atomic E-state index is 0.0875. The van der Waals surface area contributed by atoms with Crippen molar-refractivity contribution in [2.75, 3.05) is 0 Å². The Morgan fingerprint density at radius 2 is 1.57 bits per heavy atom. The normalized spacial score (nSPS) is 15.4. The third kappa shape index (κ3) is 3.05. The molecule has 0 saturated carbocycles. The van der Waals surface area contributed by atoms with Crippen LogP contribution >= 0.6 is 11.3 Å². The van der Waals surface area contributed by atoms with Crippen LogP contribution in [0.25, 0.3) is 0 Å². The van der Waals surface area contributed by atoms with Crippen molar-refractivity contribution in [1.29, 1.82) is 0 Å². The Kier molecular flexibility index (Phi) is 4.67. The number of benzene rings is 2. The molecule has 0 unspecified atom stereocenters. The van der Waals surface area contributed by atoms with Crippen molar-refractivity contribution < 1.29 is 14.4 Å². The Hall–Kier alpha value is -3.45. The van der Waals surface area contributed by atoms with Gasteiger partial charge in [-0.3, -0.25) is 15.0 Å². The van der Waals surface area contributed by atoms with Crippen molar-refractivity contribution in [3.8, 4) is 0 Å². The van der Waals surface area contributed by atoms with Gasteiger partial charge < -0.3 is 5.32 Å². The van der Waals surface area contributed by atoms with Crippen molar-refractivity contribution >= 4 is 29.2 Å². The maximum atomic E-state index is 13.4. The third-order valence-corrected chi connectivity index (χ3v) is 5.35. The molecule has 1 aliphatic heterocycles. The van der Waals surface area contributed by atoms with Gasteiger partial charge in [-0.05, 0) is 33.5 Å². The number of carbonyl (C=O) groups excluding carboxylic acids is 3. The Morgan fingerprint density at radius 1 is 0.964 bits per heavy atom. The average Bonchev–Trinajstić information content (AvgIpc) is 3.31. The Labute approximate surface area is 165 Å². The van der Waals surface area contributed by atoms with Gasteiger partial charge >= 0.3 is 6.03 Å². The first-order valence-corrected chi connectivity index (χ1v) is 9.64. The summed E-state index contributed by atoms with van der Waals surface area (Å²) in [5.74, 6) is -0.979. The van der Waals surface area contributed by atoms with Crippen LogP contribution in [-0.2, 0) is 21.5 Å². The second-order valence-corrected chi connectivity index (χ2v) is 7.18. The van der Waals surface area contributed by atoms with Crippen LogP contribution in [0, 0.1) is 0 Å². The highest BCUT2D eigenvalue weighted by atomic mass is 32.1. The van der Waals surface area contributed by atoms with E-state index in [4.69, 9.17) is 0 Å². The summed E-state index contributed by atoms with van der Waals surface area (Å²) in [6.45, 7) is 0. The highest BCUT2D eigenvalue weighted by Crippen LogP contribution is 2.35. The van der Waals surface area contributed by atoms with Crippen molar-refractivity contribution in [3.05, 3.63) is 94.2 Å². The molecule has 1 aromatic heterocycles. The number of hydrogen-bond donors (Lipinski definition) is 2. The molecule has 0 radical (unpaired) electrons. The predicted octanol–water partition coefficient (Wildman–Crippen LogP) is 2.82. The highest BCUT2D eigenvalue weighted by molar-refractivity contribution is 7.08. The molecule has 1 aliphatic rings. The summed E-state index contributed by atoms with van der Waals surface area (Å²) in [7, 11) is 0. The first-order valence-electron chi connectivity index (χ1n) is 8.69. The van der Waals surface area contributed by atoms with E-state index in [1.54, 1.807) is 48.5 Å². The van der Waals surface area contributed by atoms with Gasteiger partial charge in [-0.1, -0.05) is 60.7 Å². The molecule has 2 heterocycles. The zero-order chi connectivity index (χ0) is 19.6. The zero-order valence-electron chi connectivity index (χ0n) is 14.8.